The van der Waals surface area contributed by atoms with Crippen LogP contribution in [0.2, 0.25) is 0 Å². The number of ether oxygens (including phenoxy) is 1. The number of aromatic hydroxyl groups is 3. The zero-order chi connectivity index (χ0) is 31.7. The average molecular weight is 609 g/mol. The van der Waals surface area contributed by atoms with Gasteiger partial charge in [-0.05, 0) is 71.7 Å². The Labute approximate surface area is 263 Å². The minimum absolute atomic E-state index is 0.0115. The fourth-order valence-corrected chi connectivity index (χ4v) is 8.14. The smallest absolute Gasteiger partial charge is 0.160 e. The number of benzene rings is 3. The lowest BCUT2D eigenvalue weighted by Gasteiger charge is -2.54. The Hall–Kier alpha value is -4.25. The number of phenols is 3. The molecule has 3 aromatic carbocycles. The number of allylic oxidation sites excluding steroid dienone is 1. The molecule has 0 saturated heterocycles. The Morgan fingerprint density at radius 2 is 1.71 bits per heavy atom. The molecule has 0 unspecified atom stereocenters. The van der Waals surface area contributed by atoms with Crippen molar-refractivity contribution in [2.75, 3.05) is 7.11 Å². The van der Waals surface area contributed by atoms with Crippen LogP contribution in [0.1, 0.15) is 66.7 Å². The summed E-state index contributed by atoms with van der Waals surface area (Å²) in [7, 11) is 1.49. The van der Waals surface area contributed by atoms with Crippen molar-refractivity contribution in [3.63, 3.8) is 0 Å². The number of phenolic OH excluding ortho intramolecular Hbond substituents is 3. The van der Waals surface area contributed by atoms with Gasteiger partial charge in [0, 0.05) is 42.4 Å². The van der Waals surface area contributed by atoms with Gasteiger partial charge in [0.05, 0.1) is 19.3 Å². The summed E-state index contributed by atoms with van der Waals surface area (Å²) >= 11 is 0. The molecule has 7 atom stereocenters. The third kappa shape index (κ3) is 5.69. The number of Topliss-reactive ketones (excluding diaryl/α,β-unsaturated/α-hetero) is 1. The Kier molecular flexibility index (Phi) is 8.63. The second-order valence-corrected chi connectivity index (χ2v) is 12.8. The molecule has 1 saturated carbocycles. The van der Waals surface area contributed by atoms with Crippen molar-refractivity contribution in [3.8, 4) is 34.8 Å². The predicted octanol–water partition coefficient (Wildman–Crippen LogP) is 5.61. The van der Waals surface area contributed by atoms with E-state index in [0.717, 1.165) is 24.0 Å². The molecular formula is C38H40O7. The number of aliphatic hydroxyl groups excluding tert-OH is 2. The van der Waals surface area contributed by atoms with E-state index in [9.17, 15) is 30.3 Å². The lowest BCUT2D eigenvalue weighted by atomic mass is 9.50. The first kappa shape index (κ1) is 30.8. The van der Waals surface area contributed by atoms with Crippen molar-refractivity contribution in [2.24, 2.45) is 17.8 Å². The van der Waals surface area contributed by atoms with Gasteiger partial charge in [-0.3, -0.25) is 4.79 Å². The topological polar surface area (TPSA) is 127 Å². The van der Waals surface area contributed by atoms with E-state index in [-0.39, 0.29) is 60.0 Å². The van der Waals surface area contributed by atoms with Gasteiger partial charge in [0.15, 0.2) is 23.0 Å². The van der Waals surface area contributed by atoms with E-state index in [1.807, 2.05) is 42.5 Å². The molecule has 0 spiro atoms. The van der Waals surface area contributed by atoms with Crippen LogP contribution in [0.3, 0.4) is 0 Å². The average Bonchev–Trinajstić information content (AvgIpc) is 3.03. The first-order valence-corrected chi connectivity index (χ1v) is 15.7. The van der Waals surface area contributed by atoms with Crippen LogP contribution < -0.4 is 4.74 Å². The molecule has 0 aromatic heterocycles. The van der Waals surface area contributed by atoms with Crippen LogP contribution in [0.4, 0.5) is 0 Å². The van der Waals surface area contributed by atoms with Gasteiger partial charge in [-0.15, -0.1) is 5.92 Å². The highest BCUT2D eigenvalue weighted by atomic mass is 16.5. The van der Waals surface area contributed by atoms with E-state index in [1.54, 1.807) is 18.2 Å². The SMILES string of the molecule is COc1cc([C@H]2CC(=O)C[C@H](O)[C@H]([C@]34c5cc(O)c(O)cc5C=C[C@H]3CCC[C@@H]4O)CC#C[C@H]2Cc2ccccc2)ccc1O. The van der Waals surface area contributed by atoms with Crippen molar-refractivity contribution in [1.82, 2.24) is 0 Å². The predicted molar refractivity (Wildman–Crippen MR) is 171 cm³/mol. The minimum Gasteiger partial charge on any atom is -0.504 e. The maximum Gasteiger partial charge on any atom is 0.160 e. The summed E-state index contributed by atoms with van der Waals surface area (Å²) < 4.78 is 5.39. The van der Waals surface area contributed by atoms with Gasteiger partial charge in [0.25, 0.3) is 0 Å². The summed E-state index contributed by atoms with van der Waals surface area (Å²) in [5.74, 6) is 5.26. The van der Waals surface area contributed by atoms with E-state index >= 15 is 0 Å². The van der Waals surface area contributed by atoms with Crippen molar-refractivity contribution < 1.29 is 35.1 Å². The quantitative estimate of drug-likeness (QED) is 0.188. The van der Waals surface area contributed by atoms with Gasteiger partial charge < -0.3 is 30.3 Å². The van der Waals surface area contributed by atoms with Crippen LogP contribution in [0, 0.1) is 29.6 Å². The van der Waals surface area contributed by atoms with Crippen molar-refractivity contribution in [1.29, 1.82) is 0 Å². The molecule has 1 fully saturated rings. The van der Waals surface area contributed by atoms with E-state index in [2.05, 4.69) is 11.8 Å². The number of rotatable bonds is 5. The van der Waals surface area contributed by atoms with Gasteiger partial charge in [-0.2, -0.15) is 0 Å². The Bertz CT molecular complexity index is 1650. The van der Waals surface area contributed by atoms with E-state index in [1.165, 1.54) is 19.2 Å². The number of carbonyl (C=O) groups excluding carboxylic acids is 1. The molecule has 7 heteroatoms. The summed E-state index contributed by atoms with van der Waals surface area (Å²) in [5, 5.41) is 54.9. The van der Waals surface area contributed by atoms with Crippen LogP contribution in [0.15, 0.2) is 66.7 Å². The third-order valence-electron chi connectivity index (χ3n) is 10.3. The maximum atomic E-state index is 13.9. The maximum absolute atomic E-state index is 13.9. The van der Waals surface area contributed by atoms with Crippen molar-refractivity contribution in [2.45, 2.75) is 68.5 Å². The zero-order valence-electron chi connectivity index (χ0n) is 25.4. The minimum atomic E-state index is -1.10. The molecule has 0 radical (unpaired) electrons. The highest BCUT2D eigenvalue weighted by molar-refractivity contribution is 5.80. The standard InChI is InChI=1S/C38H40O7/c1-45-36-19-25(14-16-32(36)40)29-20-28(39)21-33(41)30(11-5-9-24(29)17-23-7-3-2-4-8-23)38-27(10-6-12-37(38)44)15-13-26-18-34(42)35(43)22-31(26)38/h2-4,7-8,13-16,18-19,22,24,27,29-30,33,37,40-44H,6,10-12,17,20-21H2,1H3/t24-,27+,29-,30+,33-,37-,38-/m0/s1. The van der Waals surface area contributed by atoms with Gasteiger partial charge >= 0.3 is 0 Å². The largest absolute Gasteiger partial charge is 0.504 e. The summed E-state index contributed by atoms with van der Waals surface area (Å²) in [6.45, 7) is 0. The number of hydrogen-bond donors (Lipinski definition) is 5. The molecule has 0 bridgehead atoms. The zero-order valence-corrected chi connectivity index (χ0v) is 25.4. The molecule has 5 N–H and O–H groups in total. The summed E-state index contributed by atoms with van der Waals surface area (Å²) in [6, 6.07) is 18.1. The summed E-state index contributed by atoms with van der Waals surface area (Å²) in [6.07, 6.45) is 4.94. The molecule has 3 aliphatic carbocycles. The summed E-state index contributed by atoms with van der Waals surface area (Å²) in [5.41, 5.74) is 2.25. The third-order valence-corrected chi connectivity index (χ3v) is 10.3. The van der Waals surface area contributed by atoms with Crippen molar-refractivity contribution in [3.05, 3.63) is 89.0 Å². The monoisotopic (exact) mass is 608 g/mol. The molecule has 0 amide bonds. The van der Waals surface area contributed by atoms with Gasteiger partial charge in [0.1, 0.15) is 5.78 Å². The Balaban J connectivity index is 1.47. The van der Waals surface area contributed by atoms with E-state index < -0.39 is 23.5 Å². The molecule has 6 rings (SSSR count). The van der Waals surface area contributed by atoms with Crippen LogP contribution in [-0.2, 0) is 16.6 Å². The number of hydrogen-bond acceptors (Lipinski definition) is 7. The first-order valence-electron chi connectivity index (χ1n) is 15.7. The van der Waals surface area contributed by atoms with E-state index in [4.69, 9.17) is 4.74 Å². The van der Waals surface area contributed by atoms with E-state index in [0.29, 0.717) is 29.7 Å². The molecule has 0 heterocycles. The van der Waals surface area contributed by atoms with Crippen LogP contribution in [-0.4, -0.2) is 50.6 Å². The fraction of sp³-hybridized carbons (Fsp3) is 0.395. The molecule has 45 heavy (non-hydrogen) atoms. The number of ketones is 1. The normalized spacial score (nSPS) is 29.5. The molecule has 3 aliphatic rings. The lowest BCUT2D eigenvalue weighted by molar-refractivity contribution is -0.124. The molecule has 7 nitrogen and oxygen atoms in total. The molecule has 234 valence electrons. The number of methoxy groups -OCH3 is 1. The van der Waals surface area contributed by atoms with Crippen molar-refractivity contribution >= 4 is 11.9 Å². The number of fused-ring (bicyclic) bond motifs is 3. The van der Waals surface area contributed by atoms with Gasteiger partial charge in [0.2, 0.25) is 0 Å². The first-order chi connectivity index (χ1) is 21.7. The Morgan fingerprint density at radius 1 is 0.933 bits per heavy atom. The molecular weight excluding hydrogens is 568 g/mol. The fourth-order valence-electron chi connectivity index (χ4n) is 8.14. The second kappa shape index (κ2) is 12.6. The number of aliphatic hydroxyl groups is 2. The lowest BCUT2D eigenvalue weighted by Crippen LogP contribution is -2.57. The molecule has 3 aromatic rings. The highest BCUT2D eigenvalue weighted by Crippen LogP contribution is 2.56. The second-order valence-electron chi connectivity index (χ2n) is 12.8. The highest BCUT2D eigenvalue weighted by Gasteiger charge is 2.56. The van der Waals surface area contributed by atoms with Crippen LogP contribution in [0.5, 0.6) is 23.0 Å². The summed E-state index contributed by atoms with van der Waals surface area (Å²) in [4.78, 5) is 13.9. The Morgan fingerprint density at radius 3 is 2.49 bits per heavy atom. The van der Waals surface area contributed by atoms with Gasteiger partial charge in [-0.25, -0.2) is 0 Å². The van der Waals surface area contributed by atoms with Crippen LogP contribution >= 0.6 is 0 Å². The molecule has 0 aliphatic heterocycles. The van der Waals surface area contributed by atoms with Crippen LogP contribution in [0.25, 0.3) is 6.08 Å². The number of carbonyl (C=O) groups is 1. The van der Waals surface area contributed by atoms with Gasteiger partial charge in [-0.1, -0.05) is 60.9 Å².